The van der Waals surface area contributed by atoms with Crippen molar-refractivity contribution in [2.24, 2.45) is 11.1 Å². The van der Waals surface area contributed by atoms with Crippen molar-refractivity contribution in [2.75, 3.05) is 6.54 Å². The molecule has 1 fully saturated rings. The van der Waals surface area contributed by atoms with Crippen LogP contribution in [0, 0.1) is 5.41 Å². The molecule has 0 aromatic heterocycles. The van der Waals surface area contributed by atoms with Gasteiger partial charge in [0.05, 0.1) is 12.0 Å². The Morgan fingerprint density at radius 2 is 1.85 bits per heavy atom. The van der Waals surface area contributed by atoms with Crippen LogP contribution in [0.3, 0.4) is 0 Å². The summed E-state index contributed by atoms with van der Waals surface area (Å²) < 4.78 is 0. The summed E-state index contributed by atoms with van der Waals surface area (Å²) in [6.07, 6.45) is 5.67. The molecule has 5 heteroatoms. The molecule has 0 aliphatic heterocycles. The molecule has 1 aliphatic rings. The SMILES string of the molecule is CC(C)(CCN)CCC(=O)NC1(CC(=O)O)CCCC1. The fourth-order valence-electron chi connectivity index (χ4n) is 3.01. The molecule has 0 saturated heterocycles. The molecule has 116 valence electrons. The highest BCUT2D eigenvalue weighted by Crippen LogP contribution is 2.33. The van der Waals surface area contributed by atoms with Gasteiger partial charge in [-0.15, -0.1) is 0 Å². The van der Waals surface area contributed by atoms with Gasteiger partial charge in [0, 0.05) is 6.42 Å². The first-order valence-electron chi connectivity index (χ1n) is 7.51. The number of rotatable bonds is 8. The predicted molar refractivity (Wildman–Crippen MR) is 78.3 cm³/mol. The standard InChI is InChI=1S/C15H28N2O3/c1-14(2,9-10-16)8-5-12(18)17-15(11-13(19)20)6-3-4-7-15/h3-11,16H2,1-2H3,(H,17,18)(H,19,20). The summed E-state index contributed by atoms with van der Waals surface area (Å²) in [4.78, 5) is 23.1. The number of aliphatic carboxylic acids is 1. The van der Waals surface area contributed by atoms with Crippen LogP contribution in [0.4, 0.5) is 0 Å². The number of carbonyl (C=O) groups is 2. The van der Waals surface area contributed by atoms with E-state index >= 15 is 0 Å². The van der Waals surface area contributed by atoms with Crippen molar-refractivity contribution in [3.8, 4) is 0 Å². The number of hydrogen-bond acceptors (Lipinski definition) is 3. The van der Waals surface area contributed by atoms with Gasteiger partial charge in [-0.05, 0) is 37.6 Å². The van der Waals surface area contributed by atoms with Crippen molar-refractivity contribution in [3.63, 3.8) is 0 Å². The fourth-order valence-corrected chi connectivity index (χ4v) is 3.01. The Hall–Kier alpha value is -1.10. The highest BCUT2D eigenvalue weighted by atomic mass is 16.4. The minimum atomic E-state index is -0.837. The van der Waals surface area contributed by atoms with Gasteiger partial charge in [0.25, 0.3) is 0 Å². The lowest BCUT2D eigenvalue weighted by Gasteiger charge is -2.30. The van der Waals surface area contributed by atoms with Crippen LogP contribution in [0.5, 0.6) is 0 Å². The van der Waals surface area contributed by atoms with Crippen molar-refractivity contribution in [1.82, 2.24) is 5.32 Å². The number of nitrogens with two attached hydrogens (primary N) is 1. The minimum Gasteiger partial charge on any atom is -0.481 e. The molecule has 0 radical (unpaired) electrons. The topological polar surface area (TPSA) is 92.4 Å². The Morgan fingerprint density at radius 3 is 2.35 bits per heavy atom. The van der Waals surface area contributed by atoms with E-state index < -0.39 is 11.5 Å². The van der Waals surface area contributed by atoms with E-state index in [1.807, 2.05) is 0 Å². The number of carbonyl (C=O) groups excluding carboxylic acids is 1. The van der Waals surface area contributed by atoms with Crippen LogP contribution in [0.25, 0.3) is 0 Å². The highest BCUT2D eigenvalue weighted by molar-refractivity contribution is 5.78. The Labute approximate surface area is 121 Å². The second-order valence-electron chi connectivity index (χ2n) is 6.81. The minimum absolute atomic E-state index is 0.0294. The predicted octanol–water partition coefficient (Wildman–Crippen LogP) is 2.05. The molecule has 1 saturated carbocycles. The normalized spacial score (nSPS) is 17.9. The Balaban J connectivity index is 2.49. The van der Waals surface area contributed by atoms with Crippen molar-refractivity contribution in [2.45, 2.75) is 70.8 Å². The third kappa shape index (κ3) is 5.49. The van der Waals surface area contributed by atoms with Gasteiger partial charge in [-0.2, -0.15) is 0 Å². The molecule has 0 spiro atoms. The molecular formula is C15H28N2O3. The monoisotopic (exact) mass is 284 g/mol. The van der Waals surface area contributed by atoms with Crippen LogP contribution in [-0.2, 0) is 9.59 Å². The average Bonchev–Trinajstić information content (AvgIpc) is 2.74. The zero-order chi connectivity index (χ0) is 15.2. The van der Waals surface area contributed by atoms with E-state index in [2.05, 4.69) is 19.2 Å². The molecule has 4 N–H and O–H groups in total. The van der Waals surface area contributed by atoms with Crippen LogP contribution in [0.1, 0.15) is 65.2 Å². The molecule has 0 bridgehead atoms. The van der Waals surface area contributed by atoms with E-state index in [-0.39, 0.29) is 17.7 Å². The first-order valence-corrected chi connectivity index (χ1v) is 7.51. The highest BCUT2D eigenvalue weighted by Gasteiger charge is 2.37. The van der Waals surface area contributed by atoms with Crippen LogP contribution < -0.4 is 11.1 Å². The maximum absolute atomic E-state index is 12.1. The van der Waals surface area contributed by atoms with E-state index in [0.717, 1.165) is 38.5 Å². The third-order valence-corrected chi connectivity index (χ3v) is 4.30. The van der Waals surface area contributed by atoms with E-state index in [1.165, 1.54) is 0 Å². The van der Waals surface area contributed by atoms with Gasteiger partial charge in [0.2, 0.25) is 5.91 Å². The molecule has 20 heavy (non-hydrogen) atoms. The van der Waals surface area contributed by atoms with Crippen LogP contribution in [0.15, 0.2) is 0 Å². The molecule has 1 amide bonds. The number of carboxylic acid groups (broad SMARTS) is 1. The van der Waals surface area contributed by atoms with Crippen molar-refractivity contribution < 1.29 is 14.7 Å². The molecule has 0 atom stereocenters. The summed E-state index contributed by atoms with van der Waals surface area (Å²) in [5.41, 5.74) is 5.11. The van der Waals surface area contributed by atoms with Crippen molar-refractivity contribution in [3.05, 3.63) is 0 Å². The summed E-state index contributed by atoms with van der Waals surface area (Å²) in [6.45, 7) is 4.84. The zero-order valence-corrected chi connectivity index (χ0v) is 12.7. The zero-order valence-electron chi connectivity index (χ0n) is 12.7. The van der Waals surface area contributed by atoms with Gasteiger partial charge in [0.15, 0.2) is 0 Å². The molecule has 1 aliphatic carbocycles. The second-order valence-corrected chi connectivity index (χ2v) is 6.81. The fraction of sp³-hybridized carbons (Fsp3) is 0.867. The summed E-state index contributed by atoms with van der Waals surface area (Å²) in [5.74, 6) is -0.867. The van der Waals surface area contributed by atoms with Crippen molar-refractivity contribution in [1.29, 1.82) is 0 Å². The van der Waals surface area contributed by atoms with Gasteiger partial charge in [-0.25, -0.2) is 0 Å². The summed E-state index contributed by atoms with van der Waals surface area (Å²) in [7, 11) is 0. The largest absolute Gasteiger partial charge is 0.481 e. The smallest absolute Gasteiger partial charge is 0.305 e. The van der Waals surface area contributed by atoms with E-state index in [0.29, 0.717) is 13.0 Å². The molecule has 5 nitrogen and oxygen atoms in total. The lowest BCUT2D eigenvalue weighted by molar-refractivity contribution is -0.139. The van der Waals surface area contributed by atoms with Gasteiger partial charge < -0.3 is 16.2 Å². The molecule has 0 aromatic carbocycles. The summed E-state index contributed by atoms with van der Waals surface area (Å²) in [5, 5.41) is 12.0. The summed E-state index contributed by atoms with van der Waals surface area (Å²) >= 11 is 0. The lowest BCUT2D eigenvalue weighted by atomic mass is 9.84. The lowest BCUT2D eigenvalue weighted by Crippen LogP contribution is -2.48. The number of hydrogen-bond donors (Lipinski definition) is 3. The van der Waals surface area contributed by atoms with E-state index in [4.69, 9.17) is 10.8 Å². The van der Waals surface area contributed by atoms with E-state index in [9.17, 15) is 9.59 Å². The molecule has 0 heterocycles. The maximum atomic E-state index is 12.1. The first kappa shape index (κ1) is 17.0. The van der Waals surface area contributed by atoms with E-state index in [1.54, 1.807) is 0 Å². The Kier molecular flexibility index (Phi) is 5.99. The number of carboxylic acids is 1. The van der Waals surface area contributed by atoms with Gasteiger partial charge in [-0.1, -0.05) is 26.7 Å². The Bertz CT molecular complexity index is 347. The maximum Gasteiger partial charge on any atom is 0.305 e. The molecule has 0 aromatic rings. The van der Waals surface area contributed by atoms with Crippen molar-refractivity contribution >= 4 is 11.9 Å². The number of amides is 1. The van der Waals surface area contributed by atoms with Gasteiger partial charge in [-0.3, -0.25) is 9.59 Å². The van der Waals surface area contributed by atoms with Crippen LogP contribution in [0.2, 0.25) is 0 Å². The first-order chi connectivity index (χ1) is 9.29. The third-order valence-electron chi connectivity index (χ3n) is 4.30. The Morgan fingerprint density at radius 1 is 1.25 bits per heavy atom. The van der Waals surface area contributed by atoms with Gasteiger partial charge in [0.1, 0.15) is 0 Å². The molecule has 0 unspecified atom stereocenters. The second kappa shape index (κ2) is 7.07. The number of nitrogens with one attached hydrogen (secondary N) is 1. The summed E-state index contributed by atoms with van der Waals surface area (Å²) in [6, 6.07) is 0. The van der Waals surface area contributed by atoms with Gasteiger partial charge >= 0.3 is 5.97 Å². The quantitative estimate of drug-likeness (QED) is 0.636. The molecular weight excluding hydrogens is 256 g/mol. The van der Waals surface area contributed by atoms with Crippen LogP contribution >= 0.6 is 0 Å². The van der Waals surface area contributed by atoms with Crippen LogP contribution in [-0.4, -0.2) is 29.1 Å². The molecule has 1 rings (SSSR count). The average molecular weight is 284 g/mol.